The zero-order chi connectivity index (χ0) is 18.6. The van der Waals surface area contributed by atoms with E-state index in [4.69, 9.17) is 0 Å². The standard InChI is InChI=1S/C16H19F3IN3O2/c1-10-7-11(20)4-5-12(10)22-14(24)8-23-6-2-3-13(23)15(25)21-9-16(17,18)19/h4-5,7,13H,2-3,6,8-9H2,1H3,(H,21,25)(H,22,24). The van der Waals surface area contributed by atoms with Crippen molar-refractivity contribution in [2.75, 3.05) is 25.0 Å². The highest BCUT2D eigenvalue weighted by molar-refractivity contribution is 14.1. The van der Waals surface area contributed by atoms with E-state index in [0.717, 1.165) is 9.13 Å². The second-order valence-corrected chi connectivity index (χ2v) is 7.21. The highest BCUT2D eigenvalue weighted by Gasteiger charge is 2.34. The molecule has 9 heteroatoms. The fourth-order valence-corrected chi connectivity index (χ4v) is 3.41. The van der Waals surface area contributed by atoms with Crippen molar-refractivity contribution in [1.82, 2.24) is 10.2 Å². The predicted octanol–water partition coefficient (Wildman–Crippen LogP) is 2.68. The minimum absolute atomic E-state index is 0.0322. The number of rotatable bonds is 5. The number of benzene rings is 1. The lowest BCUT2D eigenvalue weighted by atomic mass is 10.2. The van der Waals surface area contributed by atoms with Crippen LogP contribution in [0.5, 0.6) is 0 Å². The maximum atomic E-state index is 12.2. The van der Waals surface area contributed by atoms with E-state index < -0.39 is 24.7 Å². The van der Waals surface area contributed by atoms with Gasteiger partial charge in [-0.3, -0.25) is 14.5 Å². The number of nitrogens with zero attached hydrogens (tertiary/aromatic N) is 1. The quantitative estimate of drug-likeness (QED) is 0.653. The predicted molar refractivity (Wildman–Crippen MR) is 96.2 cm³/mol. The van der Waals surface area contributed by atoms with Crippen LogP contribution in [0.2, 0.25) is 0 Å². The molecule has 0 aliphatic carbocycles. The first-order valence-electron chi connectivity index (χ1n) is 7.80. The molecular weight excluding hydrogens is 450 g/mol. The van der Waals surface area contributed by atoms with Gasteiger partial charge in [0, 0.05) is 9.26 Å². The number of nitrogens with one attached hydrogen (secondary N) is 2. The van der Waals surface area contributed by atoms with Crippen molar-refractivity contribution in [2.45, 2.75) is 32.0 Å². The summed E-state index contributed by atoms with van der Waals surface area (Å²) in [5.74, 6) is -0.979. The summed E-state index contributed by atoms with van der Waals surface area (Å²) >= 11 is 2.17. The average molecular weight is 469 g/mol. The molecule has 0 aromatic heterocycles. The summed E-state index contributed by atoms with van der Waals surface area (Å²) in [6.45, 7) is 0.990. The summed E-state index contributed by atoms with van der Waals surface area (Å²) in [5.41, 5.74) is 1.60. The van der Waals surface area contributed by atoms with Crippen LogP contribution in [-0.2, 0) is 9.59 Å². The second-order valence-electron chi connectivity index (χ2n) is 5.97. The lowest BCUT2D eigenvalue weighted by molar-refractivity contribution is -0.141. The number of alkyl halides is 3. The minimum atomic E-state index is -4.45. The number of likely N-dealkylation sites (tertiary alicyclic amines) is 1. The van der Waals surface area contributed by atoms with Gasteiger partial charge in [0.1, 0.15) is 6.54 Å². The molecule has 1 aromatic rings. The molecule has 25 heavy (non-hydrogen) atoms. The number of anilines is 1. The Morgan fingerprint density at radius 1 is 1.36 bits per heavy atom. The first kappa shape index (κ1) is 20.0. The van der Waals surface area contributed by atoms with E-state index in [1.54, 1.807) is 11.0 Å². The smallest absolute Gasteiger partial charge is 0.346 e. The molecule has 1 aliphatic heterocycles. The lowest BCUT2D eigenvalue weighted by Gasteiger charge is -2.23. The van der Waals surface area contributed by atoms with Gasteiger partial charge < -0.3 is 10.6 Å². The number of hydrogen-bond acceptors (Lipinski definition) is 3. The van der Waals surface area contributed by atoms with Crippen LogP contribution in [-0.4, -0.2) is 48.6 Å². The van der Waals surface area contributed by atoms with Crippen molar-refractivity contribution in [3.8, 4) is 0 Å². The van der Waals surface area contributed by atoms with Gasteiger partial charge in [-0.15, -0.1) is 0 Å². The molecule has 1 saturated heterocycles. The fourth-order valence-electron chi connectivity index (χ4n) is 2.76. The molecule has 1 unspecified atom stereocenters. The third kappa shape index (κ3) is 6.14. The number of hydrogen-bond donors (Lipinski definition) is 2. The monoisotopic (exact) mass is 469 g/mol. The first-order valence-corrected chi connectivity index (χ1v) is 8.88. The summed E-state index contributed by atoms with van der Waals surface area (Å²) in [6.07, 6.45) is -3.34. The van der Waals surface area contributed by atoms with Gasteiger partial charge in [0.25, 0.3) is 0 Å². The molecule has 0 spiro atoms. The molecule has 0 bridgehead atoms. The van der Waals surface area contributed by atoms with Gasteiger partial charge in [0.05, 0.1) is 12.6 Å². The summed E-state index contributed by atoms with van der Waals surface area (Å²) in [4.78, 5) is 25.8. The van der Waals surface area contributed by atoms with Crippen molar-refractivity contribution in [1.29, 1.82) is 0 Å². The molecule has 2 N–H and O–H groups in total. The summed E-state index contributed by atoms with van der Waals surface area (Å²) in [5, 5.41) is 4.68. The van der Waals surface area contributed by atoms with Crippen LogP contribution in [0.1, 0.15) is 18.4 Å². The Morgan fingerprint density at radius 2 is 2.08 bits per heavy atom. The van der Waals surface area contributed by atoms with Gasteiger partial charge in [0.15, 0.2) is 0 Å². The van der Waals surface area contributed by atoms with Crippen molar-refractivity contribution >= 4 is 40.1 Å². The highest BCUT2D eigenvalue weighted by Crippen LogP contribution is 2.20. The van der Waals surface area contributed by atoms with Gasteiger partial charge in [-0.25, -0.2) is 0 Å². The SMILES string of the molecule is Cc1cc(I)ccc1NC(=O)CN1CCCC1C(=O)NCC(F)(F)F. The van der Waals surface area contributed by atoms with E-state index in [0.29, 0.717) is 25.1 Å². The van der Waals surface area contributed by atoms with Gasteiger partial charge in [-0.2, -0.15) is 13.2 Å². The molecule has 1 atom stereocenters. The largest absolute Gasteiger partial charge is 0.405 e. The zero-order valence-corrected chi connectivity index (χ0v) is 15.8. The van der Waals surface area contributed by atoms with E-state index in [-0.39, 0.29) is 12.5 Å². The molecule has 2 rings (SSSR count). The van der Waals surface area contributed by atoms with Crippen molar-refractivity contribution in [2.24, 2.45) is 0 Å². The van der Waals surface area contributed by atoms with Crippen LogP contribution in [0.25, 0.3) is 0 Å². The van der Waals surface area contributed by atoms with Crippen LogP contribution >= 0.6 is 22.6 Å². The maximum absolute atomic E-state index is 12.2. The topological polar surface area (TPSA) is 61.4 Å². The molecule has 138 valence electrons. The van der Waals surface area contributed by atoms with E-state index in [1.807, 2.05) is 24.4 Å². The molecule has 1 aromatic carbocycles. The van der Waals surface area contributed by atoms with Gasteiger partial charge in [-0.1, -0.05) is 0 Å². The number of carbonyl (C=O) groups is 2. The Hall–Kier alpha value is -1.36. The van der Waals surface area contributed by atoms with Crippen LogP contribution in [0.4, 0.5) is 18.9 Å². The van der Waals surface area contributed by atoms with Crippen LogP contribution in [0.15, 0.2) is 18.2 Å². The Bertz CT molecular complexity index is 652. The molecular formula is C16H19F3IN3O2. The second kappa shape index (κ2) is 8.35. The molecule has 1 fully saturated rings. The number of halogens is 4. The summed E-state index contributed by atoms with van der Waals surface area (Å²) in [6, 6.07) is 4.89. The zero-order valence-electron chi connectivity index (χ0n) is 13.6. The molecule has 1 heterocycles. The van der Waals surface area contributed by atoms with E-state index in [1.165, 1.54) is 0 Å². The van der Waals surface area contributed by atoms with Crippen LogP contribution in [0.3, 0.4) is 0 Å². The molecule has 0 radical (unpaired) electrons. The van der Waals surface area contributed by atoms with Crippen molar-refractivity contribution < 1.29 is 22.8 Å². The van der Waals surface area contributed by atoms with Crippen LogP contribution < -0.4 is 10.6 Å². The number of aryl methyl sites for hydroxylation is 1. The molecule has 5 nitrogen and oxygen atoms in total. The van der Waals surface area contributed by atoms with E-state index in [2.05, 4.69) is 27.9 Å². The maximum Gasteiger partial charge on any atom is 0.405 e. The third-order valence-corrected chi connectivity index (χ3v) is 4.61. The van der Waals surface area contributed by atoms with E-state index in [9.17, 15) is 22.8 Å². The highest BCUT2D eigenvalue weighted by atomic mass is 127. The third-order valence-electron chi connectivity index (χ3n) is 3.94. The molecule has 1 aliphatic rings. The van der Waals surface area contributed by atoms with Crippen molar-refractivity contribution in [3.05, 3.63) is 27.3 Å². The van der Waals surface area contributed by atoms with Gasteiger partial charge in [-0.05, 0) is 72.7 Å². The normalized spacial score (nSPS) is 18.2. The lowest BCUT2D eigenvalue weighted by Crippen LogP contribution is -2.47. The Morgan fingerprint density at radius 3 is 2.72 bits per heavy atom. The summed E-state index contributed by atoms with van der Waals surface area (Å²) in [7, 11) is 0. The van der Waals surface area contributed by atoms with Crippen molar-refractivity contribution in [3.63, 3.8) is 0 Å². The van der Waals surface area contributed by atoms with E-state index >= 15 is 0 Å². The van der Waals surface area contributed by atoms with Crippen LogP contribution in [0, 0.1) is 10.5 Å². The van der Waals surface area contributed by atoms with Gasteiger partial charge >= 0.3 is 6.18 Å². The summed E-state index contributed by atoms with van der Waals surface area (Å²) < 4.78 is 37.7. The molecule has 2 amide bonds. The molecule has 0 saturated carbocycles. The van der Waals surface area contributed by atoms with Gasteiger partial charge in [0.2, 0.25) is 11.8 Å². The Kier molecular flexibility index (Phi) is 6.66. The Balaban J connectivity index is 1.91. The Labute approximate surface area is 157 Å². The average Bonchev–Trinajstić information content (AvgIpc) is 2.95. The number of carbonyl (C=O) groups excluding carboxylic acids is 2. The fraction of sp³-hybridized carbons (Fsp3) is 0.500. The first-order chi connectivity index (χ1) is 11.7. The number of amides is 2. The minimum Gasteiger partial charge on any atom is -0.346 e.